The molecule has 0 saturated carbocycles. The first-order valence-electron chi connectivity index (χ1n) is 14.9. The van der Waals surface area contributed by atoms with Gasteiger partial charge in [-0.1, -0.05) is 44.2 Å². The number of ether oxygens (including phenoxy) is 1. The second-order valence-corrected chi connectivity index (χ2v) is 12.5. The minimum atomic E-state index is -1.58. The van der Waals surface area contributed by atoms with Crippen molar-refractivity contribution in [3.63, 3.8) is 0 Å². The second kappa shape index (κ2) is 13.1. The number of benzene rings is 1. The molecule has 0 radical (unpaired) electrons. The maximum Gasteiger partial charge on any atom is 0.325 e. The third-order valence-electron chi connectivity index (χ3n) is 7.92. The first kappa shape index (κ1) is 32.6. The monoisotopic (exact) mass is 606 g/mol. The smallest absolute Gasteiger partial charge is 0.325 e. The molecule has 0 spiro atoms. The van der Waals surface area contributed by atoms with Crippen molar-refractivity contribution >= 4 is 46.6 Å². The number of cyclic esters (lactones) is 1. The van der Waals surface area contributed by atoms with Gasteiger partial charge in [-0.3, -0.25) is 29.0 Å². The molecule has 2 aliphatic heterocycles. The number of esters is 1. The lowest BCUT2D eigenvalue weighted by atomic mass is 9.89. The first-order chi connectivity index (χ1) is 20.7. The fourth-order valence-corrected chi connectivity index (χ4v) is 5.03. The van der Waals surface area contributed by atoms with Crippen LogP contribution in [-0.4, -0.2) is 83.3 Å². The number of rotatable bonds is 2. The number of amides is 4. The third kappa shape index (κ3) is 7.24. The van der Waals surface area contributed by atoms with Gasteiger partial charge in [-0.15, -0.1) is 0 Å². The van der Waals surface area contributed by atoms with Crippen molar-refractivity contribution in [3.8, 4) is 0 Å². The summed E-state index contributed by atoms with van der Waals surface area (Å²) in [5, 5.41) is 7.47. The number of hydrogen-bond donors (Lipinski definition) is 3. The highest BCUT2D eigenvalue weighted by Gasteiger charge is 2.40. The standard InChI is InChI=1S/C32H42N6O6/c1-18(2)25-27(39)34-26(28(40)37(6)7)29(41)38-16-8-9-23(36-38)30(42)44-19(3)22-13-12-21-11-10-20(17-24(21)33-22)14-15-32(4,5)31(43)35-25/h10-15,17-19,23,25-26,36H,8-9,16H2,1-7H3,(H,34,39)(H,35,43)/b15-14+/t19-,23+,25+,26+/m1/s1. The Morgan fingerprint density at radius 2 is 1.80 bits per heavy atom. The van der Waals surface area contributed by atoms with Gasteiger partial charge in [0.1, 0.15) is 18.2 Å². The summed E-state index contributed by atoms with van der Waals surface area (Å²) < 4.78 is 5.76. The Bertz CT molecular complexity index is 1480. The van der Waals surface area contributed by atoms with Gasteiger partial charge in [-0.25, -0.2) is 10.4 Å². The lowest BCUT2D eigenvalue weighted by Crippen LogP contribution is -2.64. The fraction of sp³-hybridized carbons (Fsp3) is 0.500. The molecule has 1 aromatic carbocycles. The Hall–Kier alpha value is -4.32. The van der Waals surface area contributed by atoms with Gasteiger partial charge in [0.05, 0.1) is 16.6 Å². The van der Waals surface area contributed by atoms with E-state index in [2.05, 4.69) is 16.1 Å². The molecule has 0 unspecified atom stereocenters. The van der Waals surface area contributed by atoms with Crippen molar-refractivity contribution in [2.45, 2.75) is 71.7 Å². The third-order valence-corrected chi connectivity index (χ3v) is 7.92. The van der Waals surface area contributed by atoms with Gasteiger partial charge < -0.3 is 20.3 Å². The number of carbonyl (C=O) groups is 5. The van der Waals surface area contributed by atoms with Crippen LogP contribution in [0, 0.1) is 11.3 Å². The first-order valence-corrected chi connectivity index (χ1v) is 14.9. The predicted octanol–water partition coefficient (Wildman–Crippen LogP) is 2.10. The van der Waals surface area contributed by atoms with Gasteiger partial charge in [0.2, 0.25) is 11.8 Å². The minimum absolute atomic E-state index is 0.213. The zero-order chi connectivity index (χ0) is 32.3. The van der Waals surface area contributed by atoms with Gasteiger partial charge in [0, 0.05) is 26.0 Å². The van der Waals surface area contributed by atoms with Crippen molar-refractivity contribution in [3.05, 3.63) is 47.7 Å². The highest BCUT2D eigenvalue weighted by Crippen LogP contribution is 2.25. The molecular formula is C32H42N6O6. The number of aromatic nitrogens is 1. The molecule has 12 nitrogen and oxygen atoms in total. The molecule has 1 aromatic heterocycles. The predicted molar refractivity (Wildman–Crippen MR) is 164 cm³/mol. The van der Waals surface area contributed by atoms with E-state index in [1.165, 1.54) is 24.0 Å². The number of fused-ring (bicyclic) bond motifs is 4. The van der Waals surface area contributed by atoms with E-state index in [-0.39, 0.29) is 12.5 Å². The van der Waals surface area contributed by atoms with Gasteiger partial charge in [0.15, 0.2) is 6.04 Å². The number of likely N-dealkylation sites (N-methyl/N-ethyl adjacent to an activating group) is 1. The highest BCUT2D eigenvalue weighted by atomic mass is 16.5. The minimum Gasteiger partial charge on any atom is -0.455 e. The van der Waals surface area contributed by atoms with E-state index < -0.39 is 59.2 Å². The van der Waals surface area contributed by atoms with Crippen LogP contribution in [0.2, 0.25) is 0 Å². The maximum atomic E-state index is 13.7. The van der Waals surface area contributed by atoms with Crippen LogP contribution in [0.25, 0.3) is 17.0 Å². The number of hydrazine groups is 1. The summed E-state index contributed by atoms with van der Waals surface area (Å²) in [6, 6.07) is 5.96. The molecule has 4 atom stereocenters. The van der Waals surface area contributed by atoms with Crippen LogP contribution in [0.4, 0.5) is 0 Å². The molecule has 4 rings (SSSR count). The number of nitrogens with zero attached hydrogens (tertiary/aromatic N) is 3. The average molecular weight is 607 g/mol. The van der Waals surface area contributed by atoms with Crippen molar-refractivity contribution in [2.75, 3.05) is 20.6 Å². The van der Waals surface area contributed by atoms with Crippen molar-refractivity contribution < 1.29 is 28.7 Å². The highest BCUT2D eigenvalue weighted by molar-refractivity contribution is 6.07. The zero-order valence-corrected chi connectivity index (χ0v) is 26.3. The van der Waals surface area contributed by atoms with Crippen molar-refractivity contribution in [1.82, 2.24) is 31.0 Å². The summed E-state index contributed by atoms with van der Waals surface area (Å²) in [4.78, 5) is 73.0. The molecule has 2 aliphatic rings. The van der Waals surface area contributed by atoms with Gasteiger partial charge in [-0.2, -0.15) is 0 Å². The molecule has 3 N–H and O–H groups in total. The largest absolute Gasteiger partial charge is 0.455 e. The Morgan fingerprint density at radius 1 is 1.09 bits per heavy atom. The molecule has 1 fully saturated rings. The van der Waals surface area contributed by atoms with E-state index in [0.29, 0.717) is 24.1 Å². The molecular weight excluding hydrogens is 564 g/mol. The zero-order valence-electron chi connectivity index (χ0n) is 26.3. The summed E-state index contributed by atoms with van der Waals surface area (Å²) in [6.07, 6.45) is 3.76. The number of carbonyl (C=O) groups excluding carboxylic acids is 5. The molecule has 12 heteroatoms. The SMILES string of the molecule is CC(C)[C@@H]1NC(=O)C(C)(C)/C=C/c2ccc3ccc(nc3c2)[C@@H](C)OC(=O)[C@@H]2CCCN(N2)C(=O)[C@H](C(=O)N(C)C)NC1=O. The van der Waals surface area contributed by atoms with Gasteiger partial charge in [-0.05, 0) is 57.2 Å². The Morgan fingerprint density at radius 3 is 2.48 bits per heavy atom. The van der Waals surface area contributed by atoms with E-state index in [4.69, 9.17) is 9.72 Å². The number of pyridine rings is 1. The Labute approximate surface area is 257 Å². The van der Waals surface area contributed by atoms with Crippen LogP contribution >= 0.6 is 0 Å². The van der Waals surface area contributed by atoms with Crippen LogP contribution in [0.5, 0.6) is 0 Å². The average Bonchev–Trinajstić information content (AvgIpc) is 2.99. The Kier molecular flexibility index (Phi) is 9.72. The summed E-state index contributed by atoms with van der Waals surface area (Å²) in [7, 11) is 2.95. The van der Waals surface area contributed by atoms with Crippen LogP contribution in [0.1, 0.15) is 64.8 Å². The maximum absolute atomic E-state index is 13.7. The molecule has 5 bridgehead atoms. The van der Waals surface area contributed by atoms with E-state index in [1.54, 1.807) is 46.8 Å². The van der Waals surface area contributed by atoms with Crippen molar-refractivity contribution in [2.24, 2.45) is 11.3 Å². The van der Waals surface area contributed by atoms with E-state index in [1.807, 2.05) is 30.3 Å². The lowest BCUT2D eigenvalue weighted by molar-refractivity contribution is -0.158. The Balaban J connectivity index is 1.75. The van der Waals surface area contributed by atoms with Crippen molar-refractivity contribution in [1.29, 1.82) is 0 Å². The van der Waals surface area contributed by atoms with Gasteiger partial charge >= 0.3 is 5.97 Å². The molecule has 0 aliphatic carbocycles. The quantitative estimate of drug-likeness (QED) is 0.348. The van der Waals surface area contributed by atoms with Crippen LogP contribution in [0.3, 0.4) is 0 Å². The topological polar surface area (TPSA) is 150 Å². The normalized spacial score (nSPS) is 25.7. The van der Waals surface area contributed by atoms with Crippen LogP contribution in [0.15, 0.2) is 36.4 Å². The number of hydrogen-bond acceptors (Lipinski definition) is 8. The van der Waals surface area contributed by atoms with Crippen LogP contribution < -0.4 is 16.1 Å². The molecule has 236 valence electrons. The summed E-state index contributed by atoms with van der Waals surface area (Å²) in [5.74, 6) is -3.38. The molecule has 1 saturated heterocycles. The molecule has 2 aromatic rings. The fourth-order valence-electron chi connectivity index (χ4n) is 5.03. The molecule has 44 heavy (non-hydrogen) atoms. The summed E-state index contributed by atoms with van der Waals surface area (Å²) >= 11 is 0. The summed E-state index contributed by atoms with van der Waals surface area (Å²) in [5.41, 5.74) is 3.95. The molecule has 4 amide bonds. The van der Waals surface area contributed by atoms with Crippen LogP contribution in [-0.2, 0) is 28.7 Å². The lowest BCUT2D eigenvalue weighted by Gasteiger charge is -2.36. The second-order valence-electron chi connectivity index (χ2n) is 12.5. The number of nitrogens with one attached hydrogen (secondary N) is 3. The van der Waals surface area contributed by atoms with E-state index in [9.17, 15) is 24.0 Å². The van der Waals surface area contributed by atoms with E-state index >= 15 is 0 Å². The van der Waals surface area contributed by atoms with Gasteiger partial charge in [0.25, 0.3) is 11.8 Å². The van der Waals surface area contributed by atoms with E-state index in [0.717, 1.165) is 10.9 Å². The molecule has 3 heterocycles. The summed E-state index contributed by atoms with van der Waals surface area (Å²) in [6.45, 7) is 8.93.